The van der Waals surface area contributed by atoms with E-state index in [1.165, 1.54) is 18.4 Å². The van der Waals surface area contributed by atoms with Gasteiger partial charge in [-0.05, 0) is 6.08 Å². The summed E-state index contributed by atoms with van der Waals surface area (Å²) in [7, 11) is 0. The summed E-state index contributed by atoms with van der Waals surface area (Å²) in [6.07, 6.45) is 5.75. The maximum absolute atomic E-state index is 10.7. The molecule has 0 spiro atoms. The summed E-state index contributed by atoms with van der Waals surface area (Å²) in [4.78, 5) is 20.8. The molecule has 0 saturated carbocycles. The highest BCUT2D eigenvalue weighted by molar-refractivity contribution is 5.90. The second-order valence-electron chi connectivity index (χ2n) is 3.33. The van der Waals surface area contributed by atoms with Gasteiger partial charge < -0.3 is 10.4 Å². The van der Waals surface area contributed by atoms with Crippen LogP contribution in [0.3, 0.4) is 0 Å². The number of carbonyl (C=O) groups is 1. The fourth-order valence-corrected chi connectivity index (χ4v) is 1.71. The van der Waals surface area contributed by atoms with Crippen LogP contribution < -0.4 is 5.32 Å². The summed E-state index contributed by atoms with van der Waals surface area (Å²) in [6, 6.07) is -0.318. The number of nitrogens with zero attached hydrogens (tertiary/aromatic N) is 1. The Morgan fingerprint density at radius 2 is 2.33 bits per heavy atom. The molecule has 15 heavy (non-hydrogen) atoms. The lowest BCUT2D eigenvalue weighted by Crippen LogP contribution is -2.28. The average molecular weight is 208 g/mol. The average Bonchev–Trinajstić information content (AvgIpc) is 2.59. The molecule has 1 aliphatic carbocycles. The summed E-state index contributed by atoms with van der Waals surface area (Å²) in [5, 5.41) is 22.1. The van der Waals surface area contributed by atoms with Crippen LogP contribution in [0.1, 0.15) is 0 Å². The van der Waals surface area contributed by atoms with Crippen molar-refractivity contribution in [3.8, 4) is 0 Å². The SMILES string of the molecule is O=C(O)C1=CC2NC=C([N+](=O)[O-])C2C=C1. The number of carboxylic acids is 1. The molecule has 0 bridgehead atoms. The molecule has 6 heteroatoms. The molecule has 0 amide bonds. The zero-order valence-corrected chi connectivity index (χ0v) is 7.58. The molecule has 6 nitrogen and oxygen atoms in total. The van der Waals surface area contributed by atoms with Gasteiger partial charge in [0.1, 0.15) is 0 Å². The molecule has 78 valence electrons. The highest BCUT2D eigenvalue weighted by Gasteiger charge is 2.36. The molecule has 1 heterocycles. The first-order valence-corrected chi connectivity index (χ1v) is 4.33. The van der Waals surface area contributed by atoms with E-state index in [-0.39, 0.29) is 23.2 Å². The van der Waals surface area contributed by atoms with Gasteiger partial charge in [-0.25, -0.2) is 4.79 Å². The van der Waals surface area contributed by atoms with E-state index in [0.717, 1.165) is 0 Å². The molecule has 0 aromatic rings. The van der Waals surface area contributed by atoms with Gasteiger partial charge in [-0.15, -0.1) is 0 Å². The van der Waals surface area contributed by atoms with E-state index < -0.39 is 10.9 Å². The Kier molecular flexibility index (Phi) is 2.03. The maximum atomic E-state index is 10.7. The summed E-state index contributed by atoms with van der Waals surface area (Å²) >= 11 is 0. The van der Waals surface area contributed by atoms with Crippen LogP contribution in [0.5, 0.6) is 0 Å². The van der Waals surface area contributed by atoms with Crippen molar-refractivity contribution in [1.29, 1.82) is 0 Å². The van der Waals surface area contributed by atoms with Crippen molar-refractivity contribution in [2.24, 2.45) is 5.92 Å². The molecule has 0 saturated heterocycles. The summed E-state index contributed by atoms with van der Waals surface area (Å²) < 4.78 is 0. The first-order valence-electron chi connectivity index (χ1n) is 4.33. The fourth-order valence-electron chi connectivity index (χ4n) is 1.71. The van der Waals surface area contributed by atoms with E-state index in [9.17, 15) is 14.9 Å². The molecule has 0 aromatic heterocycles. The predicted octanol–water partition coefficient (Wildman–Crippen LogP) is 0.273. The normalized spacial score (nSPS) is 27.5. The molecule has 1 aliphatic heterocycles. The van der Waals surface area contributed by atoms with E-state index in [2.05, 4.69) is 5.32 Å². The van der Waals surface area contributed by atoms with Crippen LogP contribution in [-0.4, -0.2) is 22.0 Å². The van der Waals surface area contributed by atoms with Crippen molar-refractivity contribution in [1.82, 2.24) is 5.32 Å². The van der Waals surface area contributed by atoms with Gasteiger partial charge in [-0.3, -0.25) is 10.1 Å². The van der Waals surface area contributed by atoms with E-state index in [1.807, 2.05) is 0 Å². The molecular weight excluding hydrogens is 200 g/mol. The number of nitrogens with one attached hydrogen (secondary N) is 1. The molecule has 2 aliphatic rings. The van der Waals surface area contributed by atoms with Gasteiger partial charge in [0, 0.05) is 0 Å². The molecule has 0 radical (unpaired) electrons. The van der Waals surface area contributed by atoms with E-state index in [0.29, 0.717) is 0 Å². The number of nitro groups is 1. The van der Waals surface area contributed by atoms with Crippen LogP contribution in [0.25, 0.3) is 0 Å². The van der Waals surface area contributed by atoms with Gasteiger partial charge in [0.25, 0.3) is 5.70 Å². The lowest BCUT2D eigenvalue weighted by Gasteiger charge is -2.16. The highest BCUT2D eigenvalue weighted by atomic mass is 16.6. The molecule has 0 aromatic carbocycles. The van der Waals surface area contributed by atoms with Gasteiger partial charge >= 0.3 is 5.97 Å². The van der Waals surface area contributed by atoms with Crippen molar-refractivity contribution in [2.45, 2.75) is 6.04 Å². The Balaban J connectivity index is 2.24. The predicted molar refractivity (Wildman–Crippen MR) is 50.3 cm³/mol. The number of rotatable bonds is 2. The van der Waals surface area contributed by atoms with E-state index in [1.54, 1.807) is 6.08 Å². The number of hydrogen-bond donors (Lipinski definition) is 2. The zero-order valence-electron chi connectivity index (χ0n) is 7.58. The number of carboxylic acid groups (broad SMARTS) is 1. The third-order valence-corrected chi connectivity index (χ3v) is 2.45. The van der Waals surface area contributed by atoms with E-state index >= 15 is 0 Å². The Labute approximate surface area is 84.7 Å². The standard InChI is InChI=1S/C9H8N2O4/c12-9(13)5-1-2-6-7(3-5)10-4-8(6)11(14)15/h1-4,6-7,10H,(H,12,13). The van der Waals surface area contributed by atoms with Crippen LogP contribution in [0, 0.1) is 16.0 Å². The van der Waals surface area contributed by atoms with Crippen molar-refractivity contribution < 1.29 is 14.8 Å². The summed E-state index contributed by atoms with van der Waals surface area (Å²) in [5.74, 6) is -1.40. The third-order valence-electron chi connectivity index (χ3n) is 2.45. The van der Waals surface area contributed by atoms with Crippen molar-refractivity contribution in [3.05, 3.63) is 45.8 Å². The number of fused-ring (bicyclic) bond motifs is 1. The van der Waals surface area contributed by atoms with Gasteiger partial charge in [-0.1, -0.05) is 12.2 Å². The quantitative estimate of drug-likeness (QED) is 0.502. The summed E-state index contributed by atoms with van der Waals surface area (Å²) in [6.45, 7) is 0. The number of hydrogen-bond acceptors (Lipinski definition) is 4. The Morgan fingerprint density at radius 3 is 2.93 bits per heavy atom. The molecule has 2 atom stereocenters. The van der Waals surface area contributed by atoms with Crippen LogP contribution in [-0.2, 0) is 4.79 Å². The molecule has 2 unspecified atom stereocenters. The Morgan fingerprint density at radius 1 is 1.60 bits per heavy atom. The van der Waals surface area contributed by atoms with E-state index in [4.69, 9.17) is 5.11 Å². The van der Waals surface area contributed by atoms with Crippen LogP contribution >= 0.6 is 0 Å². The first-order chi connectivity index (χ1) is 7.09. The van der Waals surface area contributed by atoms with Crippen LogP contribution in [0.4, 0.5) is 0 Å². The lowest BCUT2D eigenvalue weighted by molar-refractivity contribution is -0.431. The fraction of sp³-hybridized carbons (Fsp3) is 0.222. The second kappa shape index (κ2) is 3.23. The van der Waals surface area contributed by atoms with Gasteiger partial charge in [0.15, 0.2) is 0 Å². The van der Waals surface area contributed by atoms with Gasteiger partial charge in [0.05, 0.1) is 28.7 Å². The van der Waals surface area contributed by atoms with Gasteiger partial charge in [0.2, 0.25) is 0 Å². The molecular formula is C9H8N2O4. The smallest absolute Gasteiger partial charge is 0.335 e. The lowest BCUT2D eigenvalue weighted by atomic mass is 9.92. The third kappa shape index (κ3) is 1.50. The van der Waals surface area contributed by atoms with Crippen LogP contribution in [0.2, 0.25) is 0 Å². The Bertz CT molecular complexity index is 422. The maximum Gasteiger partial charge on any atom is 0.335 e. The topological polar surface area (TPSA) is 92.5 Å². The van der Waals surface area contributed by atoms with Crippen molar-refractivity contribution in [3.63, 3.8) is 0 Å². The molecule has 2 N–H and O–H groups in total. The molecule has 2 rings (SSSR count). The minimum absolute atomic E-state index is 0.0666. The van der Waals surface area contributed by atoms with Crippen molar-refractivity contribution >= 4 is 5.97 Å². The van der Waals surface area contributed by atoms with Crippen molar-refractivity contribution in [2.75, 3.05) is 0 Å². The monoisotopic (exact) mass is 208 g/mol. The van der Waals surface area contributed by atoms with Crippen LogP contribution in [0.15, 0.2) is 35.7 Å². The summed E-state index contributed by atoms with van der Waals surface area (Å²) in [5.41, 5.74) is 0.221. The zero-order chi connectivity index (χ0) is 11.0. The second-order valence-corrected chi connectivity index (χ2v) is 3.33. The minimum Gasteiger partial charge on any atom is -0.478 e. The number of aliphatic carboxylic acids is 1. The molecule has 0 fully saturated rings. The highest BCUT2D eigenvalue weighted by Crippen LogP contribution is 2.28. The first kappa shape index (κ1) is 9.45. The largest absolute Gasteiger partial charge is 0.478 e. The van der Waals surface area contributed by atoms with Gasteiger partial charge in [-0.2, -0.15) is 0 Å². The Hall–Kier alpha value is -2.11. The minimum atomic E-state index is -1.03.